The van der Waals surface area contributed by atoms with Crippen molar-refractivity contribution in [3.63, 3.8) is 0 Å². The SMILES string of the molecule is CCCNC(=O)[C@@H](CC)N(Cc1ccc(F)cc1)C(=O)CN(c1ccc(F)cc1)S(=O)(=O)c1ccc(OC)c(OC)c1. The van der Waals surface area contributed by atoms with E-state index in [2.05, 4.69) is 5.32 Å². The van der Waals surface area contributed by atoms with Crippen LogP contribution in [0.5, 0.6) is 11.5 Å². The zero-order valence-electron chi connectivity index (χ0n) is 24.0. The second-order valence-electron chi connectivity index (χ2n) is 9.37. The van der Waals surface area contributed by atoms with E-state index in [1.54, 1.807) is 6.92 Å². The van der Waals surface area contributed by atoms with Gasteiger partial charge in [-0.25, -0.2) is 17.2 Å². The number of rotatable bonds is 14. The van der Waals surface area contributed by atoms with E-state index >= 15 is 0 Å². The minimum Gasteiger partial charge on any atom is -0.493 e. The van der Waals surface area contributed by atoms with Crippen LogP contribution in [0.3, 0.4) is 0 Å². The van der Waals surface area contributed by atoms with Crippen molar-refractivity contribution in [1.82, 2.24) is 10.2 Å². The Labute approximate surface area is 245 Å². The van der Waals surface area contributed by atoms with E-state index in [-0.39, 0.29) is 29.3 Å². The van der Waals surface area contributed by atoms with Crippen LogP contribution < -0.4 is 19.1 Å². The van der Waals surface area contributed by atoms with Crippen LogP contribution >= 0.6 is 0 Å². The molecule has 0 saturated heterocycles. The maximum absolute atomic E-state index is 14.0. The fourth-order valence-electron chi connectivity index (χ4n) is 4.31. The summed E-state index contributed by atoms with van der Waals surface area (Å²) in [6.45, 7) is 3.23. The number of nitrogens with zero attached hydrogens (tertiary/aromatic N) is 2. The molecule has 42 heavy (non-hydrogen) atoms. The molecule has 0 aliphatic heterocycles. The van der Waals surface area contributed by atoms with Gasteiger partial charge in [0.25, 0.3) is 10.0 Å². The number of carbonyl (C=O) groups excluding carboxylic acids is 2. The minimum atomic E-state index is -4.42. The van der Waals surface area contributed by atoms with Crippen molar-refractivity contribution >= 4 is 27.5 Å². The van der Waals surface area contributed by atoms with Gasteiger partial charge in [-0.1, -0.05) is 26.0 Å². The average Bonchev–Trinajstić information content (AvgIpc) is 2.99. The normalized spacial score (nSPS) is 11.9. The molecule has 0 fully saturated rings. The molecular formula is C30H35F2N3O6S. The van der Waals surface area contributed by atoms with Crippen LogP contribution in [0.25, 0.3) is 0 Å². The lowest BCUT2D eigenvalue weighted by Crippen LogP contribution is -2.52. The summed E-state index contributed by atoms with van der Waals surface area (Å²) in [6, 6.07) is 13.2. The molecule has 0 radical (unpaired) electrons. The molecule has 3 rings (SSSR count). The molecule has 0 aliphatic rings. The molecule has 0 spiro atoms. The van der Waals surface area contributed by atoms with Gasteiger partial charge in [0.2, 0.25) is 11.8 Å². The Hall–Kier alpha value is -4.19. The fraction of sp³-hybridized carbons (Fsp3) is 0.333. The molecule has 12 heteroatoms. The quantitative estimate of drug-likeness (QED) is 0.291. The van der Waals surface area contributed by atoms with Gasteiger partial charge >= 0.3 is 0 Å². The second kappa shape index (κ2) is 14.6. The van der Waals surface area contributed by atoms with E-state index in [0.29, 0.717) is 24.3 Å². The largest absolute Gasteiger partial charge is 0.493 e. The van der Waals surface area contributed by atoms with Crippen LogP contribution in [0.15, 0.2) is 71.6 Å². The molecule has 3 aromatic rings. The number of sulfonamides is 1. The molecule has 226 valence electrons. The van der Waals surface area contributed by atoms with Gasteiger partial charge in [0, 0.05) is 19.2 Å². The van der Waals surface area contributed by atoms with Crippen molar-refractivity contribution in [3.8, 4) is 11.5 Å². The number of methoxy groups -OCH3 is 2. The Morgan fingerprint density at radius 2 is 1.48 bits per heavy atom. The summed E-state index contributed by atoms with van der Waals surface area (Å²) in [7, 11) is -1.65. The predicted octanol–water partition coefficient (Wildman–Crippen LogP) is 4.51. The van der Waals surface area contributed by atoms with Gasteiger partial charge in [-0.2, -0.15) is 0 Å². The third-order valence-electron chi connectivity index (χ3n) is 6.54. The number of hydrogen-bond acceptors (Lipinski definition) is 6. The van der Waals surface area contributed by atoms with Gasteiger partial charge in [0.05, 0.1) is 24.8 Å². The number of ether oxygens (including phenoxy) is 2. The van der Waals surface area contributed by atoms with Crippen molar-refractivity contribution in [1.29, 1.82) is 0 Å². The molecular weight excluding hydrogens is 568 g/mol. The lowest BCUT2D eigenvalue weighted by Gasteiger charge is -2.33. The first kappa shape index (κ1) is 32.3. The first-order valence-electron chi connectivity index (χ1n) is 13.4. The van der Waals surface area contributed by atoms with Gasteiger partial charge in [-0.15, -0.1) is 0 Å². The van der Waals surface area contributed by atoms with E-state index in [4.69, 9.17) is 9.47 Å². The molecule has 1 N–H and O–H groups in total. The zero-order chi connectivity index (χ0) is 30.9. The summed E-state index contributed by atoms with van der Waals surface area (Å²) in [4.78, 5) is 28.2. The van der Waals surface area contributed by atoms with Crippen LogP contribution in [-0.4, -0.2) is 58.5 Å². The van der Waals surface area contributed by atoms with Crippen LogP contribution in [-0.2, 0) is 26.2 Å². The topological polar surface area (TPSA) is 105 Å². The second-order valence-corrected chi connectivity index (χ2v) is 11.2. The van der Waals surface area contributed by atoms with E-state index in [1.165, 1.54) is 73.7 Å². The highest BCUT2D eigenvalue weighted by Crippen LogP contribution is 2.32. The number of carbonyl (C=O) groups is 2. The molecule has 0 unspecified atom stereocenters. The zero-order valence-corrected chi connectivity index (χ0v) is 24.8. The molecule has 0 bridgehead atoms. The van der Waals surface area contributed by atoms with E-state index in [0.717, 1.165) is 16.4 Å². The van der Waals surface area contributed by atoms with Crippen molar-refractivity contribution in [3.05, 3.63) is 83.9 Å². The highest BCUT2D eigenvalue weighted by molar-refractivity contribution is 7.92. The van der Waals surface area contributed by atoms with Crippen LogP contribution in [0.2, 0.25) is 0 Å². The average molecular weight is 604 g/mol. The van der Waals surface area contributed by atoms with Crippen molar-refractivity contribution < 1.29 is 36.3 Å². The lowest BCUT2D eigenvalue weighted by molar-refractivity contribution is -0.140. The number of hydrogen-bond donors (Lipinski definition) is 1. The van der Waals surface area contributed by atoms with Crippen LogP contribution in [0.4, 0.5) is 14.5 Å². The van der Waals surface area contributed by atoms with Gasteiger partial charge < -0.3 is 19.7 Å². The first-order chi connectivity index (χ1) is 20.0. The van der Waals surface area contributed by atoms with E-state index in [1.807, 2.05) is 6.92 Å². The minimum absolute atomic E-state index is 0.0322. The summed E-state index contributed by atoms with van der Waals surface area (Å²) < 4.78 is 66.7. The number of halogens is 2. The lowest BCUT2D eigenvalue weighted by atomic mass is 10.1. The van der Waals surface area contributed by atoms with Crippen LogP contribution in [0, 0.1) is 11.6 Å². The third-order valence-corrected chi connectivity index (χ3v) is 8.31. The summed E-state index contributed by atoms with van der Waals surface area (Å²) in [5.41, 5.74) is 0.576. The van der Waals surface area contributed by atoms with Gasteiger partial charge in [0.1, 0.15) is 24.2 Å². The number of amides is 2. The first-order valence-corrected chi connectivity index (χ1v) is 14.8. The number of anilines is 1. The summed E-state index contributed by atoms with van der Waals surface area (Å²) in [6.07, 6.45) is 0.914. The third kappa shape index (κ3) is 7.75. The maximum Gasteiger partial charge on any atom is 0.264 e. The molecule has 0 aromatic heterocycles. The molecule has 0 heterocycles. The molecule has 3 aromatic carbocycles. The Kier molecular flexibility index (Phi) is 11.3. The van der Waals surface area contributed by atoms with Gasteiger partial charge in [0.15, 0.2) is 11.5 Å². The highest BCUT2D eigenvalue weighted by atomic mass is 32.2. The maximum atomic E-state index is 14.0. The van der Waals surface area contributed by atoms with E-state index in [9.17, 15) is 26.8 Å². The monoisotopic (exact) mass is 603 g/mol. The molecule has 1 atom stereocenters. The molecule has 9 nitrogen and oxygen atoms in total. The molecule has 0 aliphatic carbocycles. The summed E-state index contributed by atoms with van der Waals surface area (Å²) in [5.74, 6) is -1.69. The van der Waals surface area contributed by atoms with E-state index < -0.39 is 46.1 Å². The van der Waals surface area contributed by atoms with Crippen molar-refractivity contribution in [2.75, 3.05) is 31.6 Å². The fourth-order valence-corrected chi connectivity index (χ4v) is 5.74. The van der Waals surface area contributed by atoms with Gasteiger partial charge in [-0.05, 0) is 66.9 Å². The summed E-state index contributed by atoms with van der Waals surface area (Å²) in [5, 5.41) is 2.79. The van der Waals surface area contributed by atoms with Gasteiger partial charge in [-0.3, -0.25) is 13.9 Å². The van der Waals surface area contributed by atoms with Crippen LogP contribution in [0.1, 0.15) is 32.3 Å². The molecule has 0 saturated carbocycles. The Bertz CT molecular complexity index is 1470. The standard InChI is InChI=1S/C30H35F2N3O6S/c1-5-17-33-30(37)26(6-2)34(19-21-7-9-22(31)10-8-21)29(36)20-35(24-13-11-23(32)12-14-24)42(38,39)25-15-16-27(40-3)28(18-25)41-4/h7-16,18,26H,5-6,17,19-20H2,1-4H3,(H,33,37)/t26-/m1/s1. The number of benzene rings is 3. The Morgan fingerprint density at radius 1 is 0.881 bits per heavy atom. The number of nitrogens with one attached hydrogen (secondary N) is 1. The van der Waals surface area contributed by atoms with Crippen molar-refractivity contribution in [2.45, 2.75) is 44.2 Å². The Morgan fingerprint density at radius 3 is 2.02 bits per heavy atom. The van der Waals surface area contributed by atoms with Crippen molar-refractivity contribution in [2.24, 2.45) is 0 Å². The smallest absolute Gasteiger partial charge is 0.264 e. The molecule has 2 amide bonds. The predicted molar refractivity (Wildman–Crippen MR) is 155 cm³/mol. The highest BCUT2D eigenvalue weighted by Gasteiger charge is 2.34. The summed E-state index contributed by atoms with van der Waals surface area (Å²) >= 11 is 0. The Balaban J connectivity index is 2.08.